The zero-order valence-corrected chi connectivity index (χ0v) is 13.7. The van der Waals surface area contributed by atoms with Gasteiger partial charge in [0.05, 0.1) is 0 Å². The van der Waals surface area contributed by atoms with Crippen molar-refractivity contribution >= 4 is 26.4 Å². The number of aliphatic hydroxyl groups excluding tert-OH is 2. The number of nitrogens with zero attached hydrogens (tertiary/aromatic N) is 1. The number of nitrogens with two attached hydrogens (primary N) is 1. The predicted octanol–water partition coefficient (Wildman–Crippen LogP) is -1.26. The number of aromatic nitrogens is 1. The summed E-state index contributed by atoms with van der Waals surface area (Å²) in [5.41, 5.74) is 5.29. The fourth-order valence-electron chi connectivity index (χ4n) is 2.18. The Morgan fingerprint density at radius 1 is 1.55 bits per heavy atom. The first-order valence-corrected chi connectivity index (χ1v) is 8.71. The van der Waals surface area contributed by atoms with Gasteiger partial charge in [-0.3, -0.25) is 0 Å². The van der Waals surface area contributed by atoms with Crippen LogP contribution < -0.4 is 5.73 Å². The van der Waals surface area contributed by atoms with Crippen molar-refractivity contribution in [2.75, 3.05) is 6.61 Å². The van der Waals surface area contributed by atoms with E-state index in [2.05, 4.69) is 4.98 Å². The molecule has 122 valence electrons. The number of rotatable bonds is 6. The van der Waals surface area contributed by atoms with E-state index in [4.69, 9.17) is 15.2 Å². The van der Waals surface area contributed by atoms with Crippen LogP contribution in [-0.2, 0) is 14.3 Å². The molecule has 1 fully saturated rings. The molecule has 4 N–H and O–H groups in total. The molecule has 8 nitrogen and oxygen atoms in total. The minimum atomic E-state index is -1.14. The maximum atomic E-state index is 11.6. The summed E-state index contributed by atoms with van der Waals surface area (Å²) in [6.07, 6.45) is -2.88. The van der Waals surface area contributed by atoms with Crippen molar-refractivity contribution in [1.29, 1.82) is 0 Å². The predicted molar refractivity (Wildman–Crippen MR) is 75.2 cm³/mol. The van der Waals surface area contributed by atoms with Crippen LogP contribution in [0, 0.1) is 0 Å². The van der Waals surface area contributed by atoms with Crippen LogP contribution in [0.15, 0.2) is 4.94 Å². The van der Waals surface area contributed by atoms with E-state index in [0.717, 1.165) is 0 Å². The van der Waals surface area contributed by atoms with Gasteiger partial charge in [-0.2, -0.15) is 0 Å². The molecule has 22 heavy (non-hydrogen) atoms. The van der Waals surface area contributed by atoms with Gasteiger partial charge in [-0.05, 0) is 0 Å². The van der Waals surface area contributed by atoms with Gasteiger partial charge >= 0.3 is 132 Å². The van der Waals surface area contributed by atoms with Gasteiger partial charge in [0.1, 0.15) is 0 Å². The fourth-order valence-corrected chi connectivity index (χ4v) is 4.03. The zero-order valence-electron chi connectivity index (χ0n) is 12.0. The summed E-state index contributed by atoms with van der Waals surface area (Å²) < 4.78 is 11.2. The minimum absolute atomic E-state index is 0.137. The van der Waals surface area contributed by atoms with Gasteiger partial charge in [-0.15, -0.1) is 0 Å². The summed E-state index contributed by atoms with van der Waals surface area (Å²) in [5.74, 6) is -1.10. The monoisotopic (exact) mass is 378 g/mol. The maximum absolute atomic E-state index is 11.6. The molecule has 0 aliphatic carbocycles. The molecule has 1 aromatic heterocycles. The van der Waals surface area contributed by atoms with Crippen molar-refractivity contribution in [2.45, 2.75) is 44.2 Å². The van der Waals surface area contributed by atoms with Crippen LogP contribution in [0.25, 0.3) is 0 Å². The average molecular weight is 377 g/mol. The first-order valence-electron chi connectivity index (χ1n) is 6.87. The van der Waals surface area contributed by atoms with Crippen LogP contribution in [0.5, 0.6) is 0 Å². The van der Waals surface area contributed by atoms with E-state index in [1.165, 1.54) is 0 Å². The van der Waals surface area contributed by atoms with Crippen molar-refractivity contribution in [3.8, 4) is 0 Å². The molecule has 2 heterocycles. The van der Waals surface area contributed by atoms with Crippen LogP contribution in [-0.4, -0.2) is 66.5 Å². The number of esters is 1. The van der Waals surface area contributed by atoms with Crippen molar-refractivity contribution in [2.24, 2.45) is 5.73 Å². The molecule has 2 rings (SSSR count). The van der Waals surface area contributed by atoms with E-state index < -0.39 is 42.9 Å². The number of ether oxygens (including phenoxy) is 2. The second kappa shape index (κ2) is 7.34. The molecule has 0 radical (unpaired) electrons. The quantitative estimate of drug-likeness (QED) is 0.417. The number of carbonyl (C=O) groups is 2. The normalized spacial score (nSPS) is 27.8. The Morgan fingerprint density at radius 2 is 2.27 bits per heavy atom. The Kier molecular flexibility index (Phi) is 5.71. The first kappa shape index (κ1) is 17.1. The van der Waals surface area contributed by atoms with Gasteiger partial charge < -0.3 is 0 Å². The van der Waals surface area contributed by atoms with Crippen molar-refractivity contribution in [3.05, 3.63) is 15.2 Å². The summed E-state index contributed by atoms with van der Waals surface area (Å²) in [4.78, 5) is 28.4. The van der Waals surface area contributed by atoms with Gasteiger partial charge in [0.2, 0.25) is 0 Å². The van der Waals surface area contributed by atoms with Gasteiger partial charge in [0.25, 0.3) is 0 Å². The van der Waals surface area contributed by atoms with Crippen molar-refractivity contribution in [3.63, 3.8) is 0 Å². The molecule has 4 atom stereocenters. The molecule has 1 aliphatic heterocycles. The number of amides is 1. The van der Waals surface area contributed by atoms with Gasteiger partial charge in [-0.25, -0.2) is 0 Å². The molecule has 1 aromatic rings. The van der Waals surface area contributed by atoms with E-state index in [1.54, 1.807) is 4.94 Å². The molecular weight excluding hydrogens is 359 g/mol. The molecule has 9 heteroatoms. The Bertz CT molecular complexity index is 548. The van der Waals surface area contributed by atoms with Crippen LogP contribution in [0.2, 0.25) is 0 Å². The number of carbonyl (C=O) groups excluding carboxylic acids is 2. The second-order valence-electron chi connectivity index (χ2n) is 4.91. The number of hydrogen-bond acceptors (Lipinski definition) is 7. The SMILES string of the molecule is CCCC(=O)O[C@H]1[C@@H](O)[C@H](c2nc(C(N)=O)c[se]2)O[C@@H]1CO. The Labute approximate surface area is 133 Å². The second-order valence-corrected chi connectivity index (χ2v) is 6.77. The summed E-state index contributed by atoms with van der Waals surface area (Å²) >= 11 is -0.279. The first-order chi connectivity index (χ1) is 10.5. The van der Waals surface area contributed by atoms with E-state index in [0.29, 0.717) is 11.0 Å². The molecule has 1 aliphatic rings. The van der Waals surface area contributed by atoms with Gasteiger partial charge in [-0.1, -0.05) is 0 Å². The van der Waals surface area contributed by atoms with Crippen LogP contribution in [0.3, 0.4) is 0 Å². The number of hydrogen-bond donors (Lipinski definition) is 3. The van der Waals surface area contributed by atoms with E-state index in [-0.39, 0.29) is 26.6 Å². The molecule has 1 saturated heterocycles. The summed E-state index contributed by atoms with van der Waals surface area (Å²) in [5, 5.41) is 19.7. The third-order valence-electron chi connectivity index (χ3n) is 3.25. The molecule has 0 unspecified atom stereocenters. The van der Waals surface area contributed by atoms with Crippen LogP contribution >= 0.6 is 0 Å². The standard InChI is InChI=1S/C13H18N2O6Se/c1-2-3-8(17)21-10-7(4-16)20-11(9(10)18)13-15-6(5-22-13)12(14)19/h5,7,9-11,16,18H,2-4H2,1H3,(H2,14,19)/t7-,9-,10-,11-/m1/s1. The average Bonchev–Trinajstić information content (AvgIpc) is 3.06. The van der Waals surface area contributed by atoms with E-state index in [9.17, 15) is 19.8 Å². The summed E-state index contributed by atoms with van der Waals surface area (Å²) in [6.45, 7) is 1.44. The van der Waals surface area contributed by atoms with E-state index in [1.807, 2.05) is 6.92 Å². The third kappa shape index (κ3) is 3.56. The number of primary amides is 1. The molecular formula is C13H18N2O6Se. The van der Waals surface area contributed by atoms with Crippen LogP contribution in [0.4, 0.5) is 0 Å². The zero-order chi connectivity index (χ0) is 16.3. The molecule has 0 spiro atoms. The molecule has 0 saturated carbocycles. The number of aliphatic hydroxyl groups is 2. The molecule has 0 bridgehead atoms. The van der Waals surface area contributed by atoms with Gasteiger partial charge in [0.15, 0.2) is 0 Å². The van der Waals surface area contributed by atoms with Gasteiger partial charge in [0, 0.05) is 0 Å². The third-order valence-corrected chi connectivity index (χ3v) is 5.16. The molecule has 1 amide bonds. The molecule has 0 aromatic carbocycles. The Hall–Kier alpha value is -1.25. The van der Waals surface area contributed by atoms with Crippen molar-refractivity contribution < 1.29 is 29.3 Å². The Balaban J connectivity index is 2.13. The Morgan fingerprint density at radius 3 is 2.82 bits per heavy atom. The van der Waals surface area contributed by atoms with Crippen LogP contribution in [0.1, 0.15) is 40.9 Å². The van der Waals surface area contributed by atoms with E-state index >= 15 is 0 Å². The van der Waals surface area contributed by atoms with Crippen molar-refractivity contribution in [1.82, 2.24) is 4.98 Å². The summed E-state index contributed by atoms with van der Waals surface area (Å²) in [6, 6.07) is 0. The topological polar surface area (TPSA) is 132 Å². The fraction of sp³-hybridized carbons (Fsp3) is 0.615. The summed E-state index contributed by atoms with van der Waals surface area (Å²) in [7, 11) is 0.